The van der Waals surface area contributed by atoms with E-state index >= 15 is 0 Å². The number of nitrogens with zero attached hydrogens (tertiary/aromatic N) is 1. The average molecular weight is 270 g/mol. The highest BCUT2D eigenvalue weighted by Gasteiger charge is 2.34. The number of carbonyl (C=O) groups is 1. The van der Waals surface area contributed by atoms with Gasteiger partial charge >= 0.3 is 0 Å². The van der Waals surface area contributed by atoms with Gasteiger partial charge in [0.1, 0.15) is 0 Å². The summed E-state index contributed by atoms with van der Waals surface area (Å²) in [6.45, 7) is 6.59. The molecule has 1 heterocycles. The number of nitrogens with two attached hydrogens (primary N) is 1. The molecule has 19 heavy (non-hydrogen) atoms. The van der Waals surface area contributed by atoms with E-state index in [9.17, 15) is 4.79 Å². The molecule has 0 bridgehead atoms. The van der Waals surface area contributed by atoms with Crippen LogP contribution in [0.25, 0.3) is 0 Å². The predicted octanol–water partition coefficient (Wildman–Crippen LogP) is 0.766. The molecule has 0 radical (unpaired) electrons. The first-order valence-electron chi connectivity index (χ1n) is 7.37. The van der Waals surface area contributed by atoms with Crippen LogP contribution in [0.2, 0.25) is 0 Å². The average Bonchev–Trinajstić information content (AvgIpc) is 2.35. The van der Waals surface area contributed by atoms with Gasteiger partial charge in [0, 0.05) is 32.7 Å². The monoisotopic (exact) mass is 270 g/mol. The van der Waals surface area contributed by atoms with Gasteiger partial charge in [-0.05, 0) is 32.6 Å². The number of morpholine rings is 1. The van der Waals surface area contributed by atoms with E-state index < -0.39 is 0 Å². The number of hydrogen-bond donors (Lipinski definition) is 1. The molecule has 2 N–H and O–H groups in total. The van der Waals surface area contributed by atoms with Crippen LogP contribution in [0.15, 0.2) is 0 Å². The minimum atomic E-state index is -0.00902. The van der Waals surface area contributed by atoms with Crippen LogP contribution in [0, 0.1) is 5.92 Å². The van der Waals surface area contributed by atoms with E-state index in [0.29, 0.717) is 38.1 Å². The van der Waals surface area contributed by atoms with E-state index in [2.05, 4.69) is 0 Å². The highest BCUT2D eigenvalue weighted by Crippen LogP contribution is 2.33. The van der Waals surface area contributed by atoms with Crippen molar-refractivity contribution in [2.24, 2.45) is 11.7 Å². The number of amides is 1. The first kappa shape index (κ1) is 14.8. The van der Waals surface area contributed by atoms with Crippen molar-refractivity contribution < 1.29 is 14.3 Å². The third kappa shape index (κ3) is 3.91. The lowest BCUT2D eigenvalue weighted by Gasteiger charge is -2.39. The second-order valence-corrected chi connectivity index (χ2v) is 5.72. The lowest BCUT2D eigenvalue weighted by atomic mass is 9.79. The van der Waals surface area contributed by atoms with Crippen molar-refractivity contribution in [2.75, 3.05) is 26.2 Å². The second kappa shape index (κ2) is 6.68. The Morgan fingerprint density at radius 2 is 2.16 bits per heavy atom. The van der Waals surface area contributed by atoms with Gasteiger partial charge in [0.25, 0.3) is 0 Å². The second-order valence-electron chi connectivity index (χ2n) is 5.72. The van der Waals surface area contributed by atoms with Gasteiger partial charge < -0.3 is 20.1 Å². The molecule has 2 atom stereocenters. The summed E-state index contributed by atoms with van der Waals surface area (Å²) in [5, 5.41) is 0. The Morgan fingerprint density at radius 1 is 1.42 bits per heavy atom. The van der Waals surface area contributed by atoms with Crippen molar-refractivity contribution >= 4 is 5.91 Å². The van der Waals surface area contributed by atoms with Crippen LogP contribution < -0.4 is 5.73 Å². The van der Waals surface area contributed by atoms with Gasteiger partial charge in [0.15, 0.2) is 0 Å². The molecule has 0 spiro atoms. The van der Waals surface area contributed by atoms with Crippen molar-refractivity contribution in [1.82, 2.24) is 4.90 Å². The highest BCUT2D eigenvalue weighted by atomic mass is 16.5. The van der Waals surface area contributed by atoms with Crippen LogP contribution in [-0.4, -0.2) is 55.4 Å². The minimum Gasteiger partial charge on any atom is -0.378 e. The van der Waals surface area contributed by atoms with Gasteiger partial charge in [-0.15, -0.1) is 0 Å². The van der Waals surface area contributed by atoms with Crippen LogP contribution in [-0.2, 0) is 14.3 Å². The molecule has 1 saturated carbocycles. The minimum absolute atomic E-state index is 0.00902. The van der Waals surface area contributed by atoms with Crippen molar-refractivity contribution in [3.63, 3.8) is 0 Å². The summed E-state index contributed by atoms with van der Waals surface area (Å²) in [5.41, 5.74) is 5.64. The van der Waals surface area contributed by atoms with E-state index in [1.807, 2.05) is 18.7 Å². The summed E-state index contributed by atoms with van der Waals surface area (Å²) < 4.78 is 11.2. The fourth-order valence-corrected chi connectivity index (χ4v) is 2.97. The number of carbonyl (C=O) groups excluding carboxylic acids is 1. The van der Waals surface area contributed by atoms with Crippen molar-refractivity contribution in [3.05, 3.63) is 0 Å². The Morgan fingerprint density at radius 3 is 2.79 bits per heavy atom. The van der Waals surface area contributed by atoms with Crippen LogP contribution in [0.4, 0.5) is 0 Å². The Bertz CT molecular complexity index is 305. The Kier molecular flexibility index (Phi) is 5.19. The van der Waals surface area contributed by atoms with E-state index in [1.165, 1.54) is 0 Å². The Labute approximate surface area is 115 Å². The van der Waals surface area contributed by atoms with Crippen LogP contribution in [0.1, 0.15) is 33.1 Å². The number of hydrogen-bond acceptors (Lipinski definition) is 4. The van der Waals surface area contributed by atoms with E-state index in [0.717, 1.165) is 19.4 Å². The third-order valence-corrected chi connectivity index (χ3v) is 4.00. The van der Waals surface area contributed by atoms with Crippen LogP contribution >= 0.6 is 0 Å². The van der Waals surface area contributed by atoms with E-state index in [-0.39, 0.29) is 18.1 Å². The molecule has 1 saturated heterocycles. The van der Waals surface area contributed by atoms with Crippen LogP contribution in [0.3, 0.4) is 0 Å². The summed E-state index contributed by atoms with van der Waals surface area (Å²) in [4.78, 5) is 14.2. The maximum atomic E-state index is 12.3. The van der Waals surface area contributed by atoms with Crippen LogP contribution in [0.5, 0.6) is 0 Å². The molecule has 2 fully saturated rings. The third-order valence-electron chi connectivity index (χ3n) is 4.00. The fraction of sp³-hybridized carbons (Fsp3) is 0.929. The SMILES string of the molecule is CCOC1CC(CC(=O)N2CC(C)OC(CN)C2)C1. The number of rotatable bonds is 5. The molecular weight excluding hydrogens is 244 g/mol. The maximum Gasteiger partial charge on any atom is 0.223 e. The van der Waals surface area contributed by atoms with Crippen molar-refractivity contribution in [3.8, 4) is 0 Å². The van der Waals surface area contributed by atoms with Gasteiger partial charge in [-0.2, -0.15) is 0 Å². The zero-order chi connectivity index (χ0) is 13.8. The lowest BCUT2D eigenvalue weighted by Crippen LogP contribution is -2.52. The molecule has 2 rings (SSSR count). The molecule has 5 nitrogen and oxygen atoms in total. The van der Waals surface area contributed by atoms with Gasteiger partial charge in [0.05, 0.1) is 18.3 Å². The molecule has 110 valence electrons. The predicted molar refractivity (Wildman–Crippen MR) is 72.7 cm³/mol. The van der Waals surface area contributed by atoms with E-state index in [4.69, 9.17) is 15.2 Å². The van der Waals surface area contributed by atoms with Gasteiger partial charge in [0.2, 0.25) is 5.91 Å². The van der Waals surface area contributed by atoms with Crippen molar-refractivity contribution in [2.45, 2.75) is 51.4 Å². The molecule has 0 aromatic heterocycles. The fourth-order valence-electron chi connectivity index (χ4n) is 2.97. The first-order valence-corrected chi connectivity index (χ1v) is 7.37. The summed E-state index contributed by atoms with van der Waals surface area (Å²) >= 11 is 0. The topological polar surface area (TPSA) is 64.8 Å². The van der Waals surface area contributed by atoms with Gasteiger partial charge in [-0.1, -0.05) is 0 Å². The molecule has 1 aliphatic heterocycles. The molecule has 0 aromatic carbocycles. The summed E-state index contributed by atoms with van der Waals surface area (Å²) in [6.07, 6.45) is 3.16. The molecule has 0 aromatic rings. The molecule has 2 unspecified atom stereocenters. The van der Waals surface area contributed by atoms with E-state index in [1.54, 1.807) is 0 Å². The van der Waals surface area contributed by atoms with Gasteiger partial charge in [-0.3, -0.25) is 4.79 Å². The molecule has 2 aliphatic rings. The maximum absolute atomic E-state index is 12.3. The largest absolute Gasteiger partial charge is 0.378 e. The normalized spacial score (nSPS) is 35.0. The quantitative estimate of drug-likeness (QED) is 0.801. The Balaban J connectivity index is 1.74. The zero-order valence-electron chi connectivity index (χ0n) is 12.0. The van der Waals surface area contributed by atoms with Crippen molar-refractivity contribution in [1.29, 1.82) is 0 Å². The molecule has 1 amide bonds. The van der Waals surface area contributed by atoms with Gasteiger partial charge in [-0.25, -0.2) is 0 Å². The summed E-state index contributed by atoms with van der Waals surface area (Å²) in [5.74, 6) is 0.743. The smallest absolute Gasteiger partial charge is 0.223 e. The lowest BCUT2D eigenvalue weighted by molar-refractivity contribution is -0.146. The standard InChI is InChI=1S/C14H26N2O3/c1-3-18-12-4-11(5-12)6-14(17)16-8-10(2)19-13(7-15)9-16/h10-13H,3-9,15H2,1-2H3. The summed E-state index contributed by atoms with van der Waals surface area (Å²) in [7, 11) is 0. The highest BCUT2D eigenvalue weighted by molar-refractivity contribution is 5.76. The Hall–Kier alpha value is -0.650. The zero-order valence-corrected chi connectivity index (χ0v) is 12.0. The molecule has 1 aliphatic carbocycles. The molecule has 5 heteroatoms. The first-order chi connectivity index (χ1) is 9.12. The molecular formula is C14H26N2O3. The number of ether oxygens (including phenoxy) is 2. The summed E-state index contributed by atoms with van der Waals surface area (Å²) in [6, 6.07) is 0.